The number of hydrogen-bond acceptors (Lipinski definition) is 3. The normalized spacial score (nSPS) is 14.0. The Morgan fingerprint density at radius 1 is 1.30 bits per heavy atom. The molecule has 0 heterocycles. The monoisotopic (exact) mass is 318 g/mol. The topological polar surface area (TPSA) is 63.4 Å². The maximum Gasteiger partial charge on any atom is 0.243 e. The lowest BCUT2D eigenvalue weighted by molar-refractivity contribution is 0.338. The summed E-state index contributed by atoms with van der Waals surface area (Å²) >= 11 is 6.03. The third-order valence-electron chi connectivity index (χ3n) is 3.47. The molecule has 0 radical (unpaired) electrons. The zero-order chi connectivity index (χ0) is 15.7. The number of rotatable bonds is 5. The molecule has 0 spiro atoms. The number of hydrogen-bond donors (Lipinski definition) is 1. The predicted molar refractivity (Wildman–Crippen MR) is 84.5 cm³/mol. The molecule has 2 N–H and O–H groups in total. The van der Waals surface area contributed by atoms with Crippen molar-refractivity contribution < 1.29 is 8.42 Å². The van der Waals surface area contributed by atoms with Crippen LogP contribution in [0.2, 0.25) is 5.02 Å². The van der Waals surface area contributed by atoms with Gasteiger partial charge in [-0.2, -0.15) is 4.31 Å². The van der Waals surface area contributed by atoms with E-state index in [1.165, 1.54) is 16.4 Å². The first-order chi connectivity index (χ1) is 9.07. The summed E-state index contributed by atoms with van der Waals surface area (Å²) in [5.74, 6) is 0.425. The van der Waals surface area contributed by atoms with Crippen molar-refractivity contribution in [2.24, 2.45) is 5.92 Å². The van der Waals surface area contributed by atoms with Crippen LogP contribution in [0.3, 0.4) is 0 Å². The Bertz CT molecular complexity index is 562. The van der Waals surface area contributed by atoms with E-state index < -0.39 is 10.0 Å². The van der Waals surface area contributed by atoms with E-state index in [1.807, 2.05) is 6.92 Å². The van der Waals surface area contributed by atoms with Crippen molar-refractivity contribution in [3.05, 3.63) is 22.7 Å². The molecule has 1 atom stereocenters. The quantitative estimate of drug-likeness (QED) is 0.847. The van der Waals surface area contributed by atoms with Gasteiger partial charge in [-0.25, -0.2) is 8.42 Å². The van der Waals surface area contributed by atoms with Crippen molar-refractivity contribution in [2.45, 2.75) is 45.1 Å². The first-order valence-corrected chi connectivity index (χ1v) is 8.42. The highest BCUT2D eigenvalue weighted by Gasteiger charge is 2.26. The van der Waals surface area contributed by atoms with Crippen LogP contribution in [0.1, 0.15) is 32.8 Å². The van der Waals surface area contributed by atoms with Crippen molar-refractivity contribution in [3.63, 3.8) is 0 Å². The van der Waals surface area contributed by atoms with E-state index in [0.29, 0.717) is 22.2 Å². The Kier molecular flexibility index (Phi) is 5.46. The molecule has 4 nitrogen and oxygen atoms in total. The number of nitrogens with zero attached hydrogens (tertiary/aromatic N) is 1. The molecular weight excluding hydrogens is 296 g/mol. The van der Waals surface area contributed by atoms with Gasteiger partial charge in [0.2, 0.25) is 10.0 Å². The Balaban J connectivity index is 3.17. The highest BCUT2D eigenvalue weighted by Crippen LogP contribution is 2.28. The van der Waals surface area contributed by atoms with Gasteiger partial charge in [0.05, 0.1) is 4.90 Å². The lowest BCUT2D eigenvalue weighted by Gasteiger charge is -2.26. The molecule has 0 saturated heterocycles. The minimum atomic E-state index is -3.58. The molecule has 1 aromatic rings. The Hall–Kier alpha value is -0.780. The summed E-state index contributed by atoms with van der Waals surface area (Å²) in [7, 11) is -1.99. The summed E-state index contributed by atoms with van der Waals surface area (Å²) < 4.78 is 26.5. The largest absolute Gasteiger partial charge is 0.398 e. The lowest BCUT2D eigenvalue weighted by atomic mass is 10.1. The fraction of sp³-hybridized carbons (Fsp3) is 0.571. The first-order valence-electron chi connectivity index (χ1n) is 6.61. The molecule has 20 heavy (non-hydrogen) atoms. The molecule has 0 bridgehead atoms. The lowest BCUT2D eigenvalue weighted by Crippen LogP contribution is -2.36. The number of benzene rings is 1. The molecule has 0 aliphatic carbocycles. The second-order valence-electron chi connectivity index (χ2n) is 5.62. The molecular formula is C14H23ClN2O2S. The van der Waals surface area contributed by atoms with E-state index >= 15 is 0 Å². The van der Waals surface area contributed by atoms with Crippen LogP contribution in [0, 0.1) is 12.8 Å². The van der Waals surface area contributed by atoms with Crippen molar-refractivity contribution in [1.29, 1.82) is 0 Å². The highest BCUT2D eigenvalue weighted by atomic mass is 35.5. The van der Waals surface area contributed by atoms with Gasteiger partial charge in [0, 0.05) is 23.8 Å². The molecule has 0 aliphatic heterocycles. The standard InChI is InChI=1S/C14H23ClN2O2S/c1-9(2)6-10(3)17(5)20(18,19)12-7-13(15)11(4)14(16)8-12/h7-10H,6,16H2,1-5H3. The van der Waals surface area contributed by atoms with Crippen LogP contribution >= 0.6 is 11.6 Å². The van der Waals surface area contributed by atoms with E-state index in [9.17, 15) is 8.42 Å². The molecule has 1 aromatic carbocycles. The van der Waals surface area contributed by atoms with Gasteiger partial charge in [0.15, 0.2) is 0 Å². The first kappa shape index (κ1) is 17.3. The molecule has 0 fully saturated rings. The molecule has 6 heteroatoms. The van der Waals surface area contributed by atoms with Crippen molar-refractivity contribution in [1.82, 2.24) is 4.31 Å². The molecule has 114 valence electrons. The maximum absolute atomic E-state index is 12.6. The van der Waals surface area contributed by atoms with Gasteiger partial charge >= 0.3 is 0 Å². The average Bonchev–Trinajstić information content (AvgIpc) is 2.33. The van der Waals surface area contributed by atoms with Crippen molar-refractivity contribution in [3.8, 4) is 0 Å². The minimum Gasteiger partial charge on any atom is -0.398 e. The Morgan fingerprint density at radius 2 is 1.85 bits per heavy atom. The second-order valence-corrected chi connectivity index (χ2v) is 8.02. The zero-order valence-corrected chi connectivity index (χ0v) is 14.2. The number of sulfonamides is 1. The van der Waals surface area contributed by atoms with E-state index in [1.54, 1.807) is 14.0 Å². The SMILES string of the molecule is Cc1c(N)cc(S(=O)(=O)N(C)C(C)CC(C)C)cc1Cl. The fourth-order valence-electron chi connectivity index (χ4n) is 2.06. The summed E-state index contributed by atoms with van der Waals surface area (Å²) in [6, 6.07) is 2.84. The van der Waals surface area contributed by atoms with Crippen LogP contribution in [-0.2, 0) is 10.0 Å². The molecule has 0 aliphatic rings. The summed E-state index contributed by atoms with van der Waals surface area (Å²) in [5, 5.41) is 0.369. The van der Waals surface area contributed by atoms with Crippen LogP contribution in [-0.4, -0.2) is 25.8 Å². The van der Waals surface area contributed by atoms with Crippen LogP contribution < -0.4 is 5.73 Å². The van der Waals surface area contributed by atoms with E-state index in [-0.39, 0.29) is 10.9 Å². The molecule has 1 unspecified atom stereocenters. The van der Waals surface area contributed by atoms with Crippen LogP contribution in [0.4, 0.5) is 5.69 Å². The average molecular weight is 319 g/mol. The highest BCUT2D eigenvalue weighted by molar-refractivity contribution is 7.89. The predicted octanol–water partition coefficient (Wildman–Crippen LogP) is 3.29. The van der Waals surface area contributed by atoms with Crippen molar-refractivity contribution >= 4 is 27.3 Å². The second kappa shape index (κ2) is 6.33. The van der Waals surface area contributed by atoms with Gasteiger partial charge in [-0.05, 0) is 43.9 Å². The zero-order valence-electron chi connectivity index (χ0n) is 12.6. The van der Waals surface area contributed by atoms with Gasteiger partial charge in [-0.3, -0.25) is 0 Å². The van der Waals surface area contributed by atoms with Crippen LogP contribution in [0.15, 0.2) is 17.0 Å². The third-order valence-corrected chi connectivity index (χ3v) is 5.81. The van der Waals surface area contributed by atoms with Gasteiger partial charge in [0.1, 0.15) is 0 Å². The Morgan fingerprint density at radius 3 is 2.30 bits per heavy atom. The van der Waals surface area contributed by atoms with Crippen LogP contribution in [0.5, 0.6) is 0 Å². The third kappa shape index (κ3) is 3.65. The maximum atomic E-state index is 12.6. The summed E-state index contributed by atoms with van der Waals surface area (Å²) in [6.07, 6.45) is 0.796. The molecule has 1 rings (SSSR count). The molecule has 0 saturated carbocycles. The van der Waals surface area contributed by atoms with Gasteiger partial charge < -0.3 is 5.73 Å². The fourth-order valence-corrected chi connectivity index (χ4v) is 3.78. The molecule has 0 amide bonds. The van der Waals surface area contributed by atoms with E-state index in [2.05, 4.69) is 13.8 Å². The van der Waals surface area contributed by atoms with Crippen molar-refractivity contribution in [2.75, 3.05) is 12.8 Å². The number of anilines is 1. The number of halogens is 1. The summed E-state index contributed by atoms with van der Waals surface area (Å²) in [4.78, 5) is 0.142. The summed E-state index contributed by atoms with van der Waals surface area (Å²) in [5.41, 5.74) is 6.90. The Labute approximate surface area is 127 Å². The van der Waals surface area contributed by atoms with E-state index in [0.717, 1.165) is 6.42 Å². The molecule has 0 aromatic heterocycles. The van der Waals surface area contributed by atoms with Gasteiger partial charge in [-0.15, -0.1) is 0 Å². The van der Waals surface area contributed by atoms with Gasteiger partial charge in [0.25, 0.3) is 0 Å². The number of nitrogen functional groups attached to an aromatic ring is 1. The smallest absolute Gasteiger partial charge is 0.243 e. The van der Waals surface area contributed by atoms with Crippen LogP contribution in [0.25, 0.3) is 0 Å². The minimum absolute atomic E-state index is 0.0821. The summed E-state index contributed by atoms with van der Waals surface area (Å²) in [6.45, 7) is 7.80. The van der Waals surface area contributed by atoms with E-state index in [4.69, 9.17) is 17.3 Å². The van der Waals surface area contributed by atoms with Gasteiger partial charge in [-0.1, -0.05) is 25.4 Å². The number of nitrogens with two attached hydrogens (primary N) is 1.